The first-order valence-electron chi connectivity index (χ1n) is 7.95. The van der Waals surface area contributed by atoms with Gasteiger partial charge in [0.25, 0.3) is 0 Å². The van der Waals surface area contributed by atoms with E-state index < -0.39 is 0 Å². The first-order valence-corrected chi connectivity index (χ1v) is 7.95. The number of aromatic nitrogens is 2. The smallest absolute Gasteiger partial charge is 0.0516 e. The minimum atomic E-state index is 0.619. The molecule has 2 aromatic heterocycles. The van der Waals surface area contributed by atoms with Crippen molar-refractivity contribution in [3.05, 3.63) is 29.7 Å². The van der Waals surface area contributed by atoms with E-state index in [9.17, 15) is 0 Å². The van der Waals surface area contributed by atoms with Crippen LogP contribution in [0.1, 0.15) is 36.6 Å². The van der Waals surface area contributed by atoms with Gasteiger partial charge in [0.05, 0.1) is 5.52 Å². The van der Waals surface area contributed by atoms with Crippen molar-refractivity contribution in [2.45, 2.75) is 38.6 Å². The van der Waals surface area contributed by atoms with Gasteiger partial charge in [0.15, 0.2) is 0 Å². The van der Waals surface area contributed by atoms with Crippen molar-refractivity contribution < 1.29 is 4.74 Å². The molecule has 21 heavy (non-hydrogen) atoms. The van der Waals surface area contributed by atoms with Crippen LogP contribution in [0, 0.1) is 6.92 Å². The van der Waals surface area contributed by atoms with Crippen LogP contribution in [0.5, 0.6) is 0 Å². The van der Waals surface area contributed by atoms with Crippen molar-refractivity contribution in [2.75, 3.05) is 26.8 Å². The van der Waals surface area contributed by atoms with Gasteiger partial charge in [-0.25, -0.2) is 0 Å². The summed E-state index contributed by atoms with van der Waals surface area (Å²) in [5.41, 5.74) is 3.91. The predicted octanol–water partition coefficient (Wildman–Crippen LogP) is 2.85. The molecule has 0 aromatic carbocycles. The molecule has 1 unspecified atom stereocenters. The molecule has 3 heterocycles. The fraction of sp³-hybridized carbons (Fsp3) is 0.588. The number of ether oxygens (including phenoxy) is 1. The van der Waals surface area contributed by atoms with Gasteiger partial charge in [0.1, 0.15) is 0 Å². The average molecular weight is 287 g/mol. The van der Waals surface area contributed by atoms with Gasteiger partial charge in [-0.2, -0.15) is 0 Å². The van der Waals surface area contributed by atoms with Crippen molar-refractivity contribution in [1.29, 1.82) is 0 Å². The minimum absolute atomic E-state index is 0.619. The predicted molar refractivity (Wildman–Crippen MR) is 85.8 cm³/mol. The van der Waals surface area contributed by atoms with Crippen molar-refractivity contribution in [2.24, 2.45) is 0 Å². The second-order valence-corrected chi connectivity index (χ2v) is 5.94. The van der Waals surface area contributed by atoms with Crippen molar-refractivity contribution in [3.8, 4) is 0 Å². The van der Waals surface area contributed by atoms with Crippen molar-refractivity contribution in [3.63, 3.8) is 0 Å². The molecule has 1 aliphatic heterocycles. The molecular weight excluding hydrogens is 262 g/mol. The number of rotatable bonds is 5. The van der Waals surface area contributed by atoms with Gasteiger partial charge in [0.2, 0.25) is 0 Å². The molecule has 114 valence electrons. The van der Waals surface area contributed by atoms with Gasteiger partial charge >= 0.3 is 0 Å². The Morgan fingerprint density at radius 3 is 3.14 bits per heavy atom. The van der Waals surface area contributed by atoms with Crippen LogP contribution < -0.4 is 5.32 Å². The number of nitrogens with one attached hydrogen (secondary N) is 1. The molecule has 0 amide bonds. The summed E-state index contributed by atoms with van der Waals surface area (Å²) in [6.45, 7) is 6.18. The SMILES string of the molecule is COCCCn1c(C2CCCNC2)cc2c(C)nccc21. The van der Waals surface area contributed by atoms with Gasteiger partial charge in [-0.05, 0) is 44.9 Å². The monoisotopic (exact) mass is 287 g/mol. The summed E-state index contributed by atoms with van der Waals surface area (Å²) in [6, 6.07) is 4.51. The number of pyridine rings is 1. The summed E-state index contributed by atoms with van der Waals surface area (Å²) in [7, 11) is 1.77. The van der Waals surface area contributed by atoms with Crippen LogP contribution >= 0.6 is 0 Å². The number of methoxy groups -OCH3 is 1. The standard InChI is InChI=1S/C17H25N3O/c1-13-15-11-17(14-5-3-7-18-12-14)20(9-4-10-21-2)16(15)6-8-19-13/h6,8,11,14,18H,3-5,7,9-10,12H2,1-2H3. The molecule has 4 nitrogen and oxygen atoms in total. The molecule has 0 spiro atoms. The highest BCUT2D eigenvalue weighted by Gasteiger charge is 2.21. The van der Waals surface area contributed by atoms with Crippen LogP contribution in [0.4, 0.5) is 0 Å². The van der Waals surface area contributed by atoms with E-state index in [2.05, 4.69) is 33.9 Å². The zero-order chi connectivity index (χ0) is 14.7. The minimum Gasteiger partial charge on any atom is -0.385 e. The summed E-state index contributed by atoms with van der Waals surface area (Å²) in [5.74, 6) is 0.619. The summed E-state index contributed by atoms with van der Waals surface area (Å²) in [5, 5.41) is 4.83. The number of piperidine rings is 1. The Morgan fingerprint density at radius 2 is 2.38 bits per heavy atom. The number of hydrogen-bond acceptors (Lipinski definition) is 3. The molecule has 0 bridgehead atoms. The summed E-state index contributed by atoms with van der Waals surface area (Å²) < 4.78 is 7.71. The van der Waals surface area contributed by atoms with E-state index in [1.165, 1.54) is 29.4 Å². The highest BCUT2D eigenvalue weighted by molar-refractivity contribution is 5.83. The highest BCUT2D eigenvalue weighted by Crippen LogP contribution is 2.30. The van der Waals surface area contributed by atoms with Gasteiger partial charge in [-0.15, -0.1) is 0 Å². The summed E-state index contributed by atoms with van der Waals surface area (Å²) in [4.78, 5) is 4.45. The van der Waals surface area contributed by atoms with E-state index in [4.69, 9.17) is 4.74 Å². The number of hydrogen-bond donors (Lipinski definition) is 1. The fourth-order valence-corrected chi connectivity index (χ4v) is 3.40. The van der Waals surface area contributed by atoms with Crippen LogP contribution in [0.3, 0.4) is 0 Å². The normalized spacial score (nSPS) is 19.2. The molecule has 1 aliphatic rings. The molecule has 3 rings (SSSR count). The number of aryl methyl sites for hydroxylation is 2. The van der Waals surface area contributed by atoms with Crippen LogP contribution in [0.2, 0.25) is 0 Å². The molecule has 1 N–H and O–H groups in total. The maximum Gasteiger partial charge on any atom is 0.0516 e. The number of fused-ring (bicyclic) bond motifs is 1. The maximum atomic E-state index is 5.22. The lowest BCUT2D eigenvalue weighted by molar-refractivity contribution is 0.190. The topological polar surface area (TPSA) is 39.1 Å². The molecule has 0 aliphatic carbocycles. The molecule has 1 atom stereocenters. The third-order valence-corrected chi connectivity index (χ3v) is 4.51. The Labute approximate surface area is 126 Å². The van der Waals surface area contributed by atoms with Crippen molar-refractivity contribution >= 4 is 10.9 Å². The fourth-order valence-electron chi connectivity index (χ4n) is 3.40. The van der Waals surface area contributed by atoms with E-state index in [0.29, 0.717) is 5.92 Å². The second-order valence-electron chi connectivity index (χ2n) is 5.94. The van der Waals surface area contributed by atoms with Crippen LogP contribution in [-0.4, -0.2) is 36.4 Å². The van der Waals surface area contributed by atoms with E-state index in [1.807, 2.05) is 6.20 Å². The lowest BCUT2D eigenvalue weighted by Gasteiger charge is -2.24. The Bertz CT molecular complexity index is 599. The lowest BCUT2D eigenvalue weighted by atomic mass is 9.96. The molecule has 1 saturated heterocycles. The van der Waals surface area contributed by atoms with Crippen molar-refractivity contribution in [1.82, 2.24) is 14.9 Å². The molecule has 0 saturated carbocycles. The highest BCUT2D eigenvalue weighted by atomic mass is 16.5. The molecular formula is C17H25N3O. The zero-order valence-electron chi connectivity index (χ0n) is 13.1. The first-order chi connectivity index (χ1) is 10.3. The van der Waals surface area contributed by atoms with Gasteiger partial charge < -0.3 is 14.6 Å². The third-order valence-electron chi connectivity index (χ3n) is 4.51. The Hall–Kier alpha value is -1.39. The van der Waals surface area contributed by atoms with E-state index in [-0.39, 0.29) is 0 Å². The maximum absolute atomic E-state index is 5.22. The van der Waals surface area contributed by atoms with Crippen LogP contribution in [-0.2, 0) is 11.3 Å². The molecule has 4 heteroatoms. The second kappa shape index (κ2) is 6.58. The van der Waals surface area contributed by atoms with E-state index in [0.717, 1.165) is 38.4 Å². The van der Waals surface area contributed by atoms with E-state index >= 15 is 0 Å². The van der Waals surface area contributed by atoms with Gasteiger partial charge in [-0.3, -0.25) is 4.98 Å². The zero-order valence-corrected chi connectivity index (χ0v) is 13.1. The Balaban J connectivity index is 1.99. The summed E-state index contributed by atoms with van der Waals surface area (Å²) >= 11 is 0. The average Bonchev–Trinajstić information content (AvgIpc) is 2.89. The van der Waals surface area contributed by atoms with E-state index in [1.54, 1.807) is 7.11 Å². The molecule has 2 aromatic rings. The van der Waals surface area contributed by atoms with Gasteiger partial charge in [0, 0.05) is 55.7 Å². The number of nitrogens with zero attached hydrogens (tertiary/aromatic N) is 2. The molecule has 0 radical (unpaired) electrons. The van der Waals surface area contributed by atoms with Crippen LogP contribution in [0.15, 0.2) is 18.3 Å². The lowest BCUT2D eigenvalue weighted by Crippen LogP contribution is -2.29. The molecule has 1 fully saturated rings. The first kappa shape index (κ1) is 14.5. The largest absolute Gasteiger partial charge is 0.385 e. The summed E-state index contributed by atoms with van der Waals surface area (Å²) in [6.07, 6.45) is 5.52. The third kappa shape index (κ3) is 2.97. The Morgan fingerprint density at radius 1 is 1.48 bits per heavy atom. The van der Waals surface area contributed by atoms with Gasteiger partial charge in [-0.1, -0.05) is 0 Å². The van der Waals surface area contributed by atoms with Crippen LogP contribution in [0.25, 0.3) is 10.9 Å². The quantitative estimate of drug-likeness (QED) is 0.860. The Kier molecular flexibility index (Phi) is 4.56.